The van der Waals surface area contributed by atoms with Crippen LogP contribution < -0.4 is 4.48 Å². The summed E-state index contributed by atoms with van der Waals surface area (Å²) in [5.74, 6) is -2.51. The zero-order valence-corrected chi connectivity index (χ0v) is 12.8. The summed E-state index contributed by atoms with van der Waals surface area (Å²) in [4.78, 5) is 19.1. The maximum Gasteiger partial charge on any atom is 0.328 e. The van der Waals surface area contributed by atoms with Gasteiger partial charge in [0.1, 0.15) is 5.69 Å². The highest BCUT2D eigenvalue weighted by molar-refractivity contribution is 5.89. The molecule has 0 saturated heterocycles. The van der Waals surface area contributed by atoms with Gasteiger partial charge in [-0.2, -0.15) is 0 Å². The predicted molar refractivity (Wildman–Crippen MR) is 84.3 cm³/mol. The molecule has 0 aromatic heterocycles. The van der Waals surface area contributed by atoms with Gasteiger partial charge in [0.15, 0.2) is 0 Å². The van der Waals surface area contributed by atoms with Crippen molar-refractivity contribution < 1.29 is 19.8 Å². The monoisotopic (exact) mass is 294 g/mol. The van der Waals surface area contributed by atoms with Gasteiger partial charge in [0.2, 0.25) is 0 Å². The van der Waals surface area contributed by atoms with Gasteiger partial charge in [-0.05, 0) is 32.9 Å². The number of hydrogen-bond donors (Lipinski definition) is 2. The molecule has 1 rings (SSSR count). The van der Waals surface area contributed by atoms with Crippen LogP contribution in [0.5, 0.6) is 0 Å². The number of para-hydroxylation sites is 1. The predicted octanol–water partition coefficient (Wildman–Crippen LogP) is 2.77. The van der Waals surface area contributed by atoms with Crippen molar-refractivity contribution in [2.75, 3.05) is 19.6 Å². The van der Waals surface area contributed by atoms with E-state index in [4.69, 9.17) is 10.2 Å². The van der Waals surface area contributed by atoms with E-state index in [0.717, 1.165) is 4.48 Å². The minimum Gasteiger partial charge on any atom is -0.478 e. The molecule has 21 heavy (non-hydrogen) atoms. The lowest BCUT2D eigenvalue weighted by Gasteiger charge is -2.35. The second-order valence-corrected chi connectivity index (χ2v) is 4.44. The second kappa shape index (κ2) is 9.72. The highest BCUT2D eigenvalue weighted by Gasteiger charge is 2.23. The summed E-state index contributed by atoms with van der Waals surface area (Å²) in [7, 11) is 0. The average Bonchev–Trinajstić information content (AvgIpc) is 2.49. The van der Waals surface area contributed by atoms with E-state index in [0.29, 0.717) is 12.2 Å². The topological polar surface area (TPSA) is 74.6 Å². The largest absolute Gasteiger partial charge is 0.478 e. The van der Waals surface area contributed by atoms with E-state index in [2.05, 4.69) is 51.1 Å². The first kappa shape index (κ1) is 18.9. The molecule has 0 bridgehead atoms. The number of benzene rings is 1. The zero-order valence-electron chi connectivity index (χ0n) is 12.8. The fourth-order valence-electron chi connectivity index (χ4n) is 2.11. The van der Waals surface area contributed by atoms with Crippen LogP contribution in [0, 0.1) is 0 Å². The molecule has 0 unspecified atom stereocenters. The van der Waals surface area contributed by atoms with Crippen LogP contribution in [0.25, 0.3) is 0 Å². The molecule has 1 aromatic carbocycles. The molecule has 0 saturated carbocycles. The van der Waals surface area contributed by atoms with Gasteiger partial charge in [-0.3, -0.25) is 4.48 Å². The fourth-order valence-corrected chi connectivity index (χ4v) is 2.11. The van der Waals surface area contributed by atoms with Gasteiger partial charge >= 0.3 is 11.9 Å². The summed E-state index contributed by atoms with van der Waals surface area (Å²) in [5.41, 5.74) is 1.44. The number of quaternary nitrogens is 1. The third-order valence-corrected chi connectivity index (χ3v) is 3.49. The smallest absolute Gasteiger partial charge is 0.328 e. The van der Waals surface area contributed by atoms with Crippen LogP contribution in [0.2, 0.25) is 0 Å². The summed E-state index contributed by atoms with van der Waals surface area (Å²) in [6.45, 7) is 10.3. The van der Waals surface area contributed by atoms with E-state index in [1.165, 1.54) is 25.3 Å². The highest BCUT2D eigenvalue weighted by atomic mass is 16.4. The van der Waals surface area contributed by atoms with Gasteiger partial charge in [-0.25, -0.2) is 9.59 Å². The van der Waals surface area contributed by atoms with Crippen LogP contribution in [0.1, 0.15) is 20.8 Å². The molecule has 0 heterocycles. The number of hydrogen-bond acceptors (Lipinski definition) is 2. The SMILES string of the molecule is CC[N+](CC)(CC)c1ccccc1.O=C(O)/C=C/C(=O)O. The Morgan fingerprint density at radius 3 is 1.57 bits per heavy atom. The number of aliphatic carboxylic acids is 2. The van der Waals surface area contributed by atoms with Crippen molar-refractivity contribution in [1.82, 2.24) is 4.48 Å². The van der Waals surface area contributed by atoms with Crippen molar-refractivity contribution in [2.45, 2.75) is 20.8 Å². The Balaban J connectivity index is 0.000000433. The molecular formula is C16H24NO4+. The average molecular weight is 294 g/mol. The Kier molecular flexibility index (Phi) is 8.73. The number of nitrogens with zero attached hydrogens (tertiary/aromatic N) is 1. The third kappa shape index (κ3) is 6.72. The minimum absolute atomic E-state index is 0.558. The van der Waals surface area contributed by atoms with Crippen molar-refractivity contribution in [3.05, 3.63) is 42.5 Å². The van der Waals surface area contributed by atoms with Crippen LogP contribution in [-0.4, -0.2) is 41.8 Å². The van der Waals surface area contributed by atoms with Crippen LogP contribution in [0.15, 0.2) is 42.5 Å². The molecule has 0 amide bonds. The van der Waals surface area contributed by atoms with Crippen molar-refractivity contribution in [3.8, 4) is 0 Å². The van der Waals surface area contributed by atoms with Crippen molar-refractivity contribution in [1.29, 1.82) is 0 Å². The van der Waals surface area contributed by atoms with E-state index < -0.39 is 11.9 Å². The third-order valence-electron chi connectivity index (χ3n) is 3.49. The second-order valence-electron chi connectivity index (χ2n) is 4.44. The molecule has 0 radical (unpaired) electrons. The number of carbonyl (C=O) groups is 2. The first-order valence-electron chi connectivity index (χ1n) is 6.97. The summed E-state index contributed by atoms with van der Waals surface area (Å²) in [6.07, 6.45) is 1.12. The molecule has 1 aromatic rings. The fraction of sp³-hybridized carbons (Fsp3) is 0.375. The van der Waals surface area contributed by atoms with Gasteiger partial charge in [0, 0.05) is 12.2 Å². The van der Waals surface area contributed by atoms with Crippen LogP contribution in [0.4, 0.5) is 5.69 Å². The standard InChI is InChI=1S/C12H20N.C4H4O4/c1-4-13(5-2,6-3)12-10-8-7-9-11-12;5-3(6)1-2-4(7)8/h7-11H,4-6H2,1-3H3;1-2H,(H,5,6)(H,7,8)/q+1;/b;2-1+. The maximum atomic E-state index is 9.55. The lowest BCUT2D eigenvalue weighted by Crippen LogP contribution is -2.48. The maximum absolute atomic E-state index is 9.55. The molecule has 116 valence electrons. The van der Waals surface area contributed by atoms with Crippen molar-refractivity contribution in [2.24, 2.45) is 0 Å². The lowest BCUT2D eigenvalue weighted by atomic mass is 10.2. The van der Waals surface area contributed by atoms with Crippen LogP contribution in [-0.2, 0) is 9.59 Å². The Bertz CT molecular complexity index is 440. The highest BCUT2D eigenvalue weighted by Crippen LogP contribution is 2.21. The number of rotatable bonds is 6. The number of carboxylic acid groups (broad SMARTS) is 2. The van der Waals surface area contributed by atoms with Gasteiger partial charge in [-0.15, -0.1) is 0 Å². The van der Waals surface area contributed by atoms with Crippen LogP contribution in [0.3, 0.4) is 0 Å². The quantitative estimate of drug-likeness (QED) is 0.625. The van der Waals surface area contributed by atoms with Crippen molar-refractivity contribution >= 4 is 17.6 Å². The molecule has 0 aliphatic heterocycles. The van der Waals surface area contributed by atoms with Crippen LogP contribution >= 0.6 is 0 Å². The molecule has 0 atom stereocenters. The van der Waals surface area contributed by atoms with E-state index in [1.54, 1.807) is 0 Å². The first-order chi connectivity index (χ1) is 9.91. The summed E-state index contributed by atoms with van der Waals surface area (Å²) < 4.78 is 1.10. The normalized spacial score (nSPS) is 10.8. The van der Waals surface area contributed by atoms with E-state index in [1.807, 2.05) is 0 Å². The zero-order chi connectivity index (χ0) is 16.3. The van der Waals surface area contributed by atoms with E-state index in [-0.39, 0.29) is 0 Å². The van der Waals surface area contributed by atoms with E-state index >= 15 is 0 Å². The summed E-state index contributed by atoms with van der Waals surface area (Å²) in [5, 5.41) is 15.6. The van der Waals surface area contributed by atoms with E-state index in [9.17, 15) is 9.59 Å². The summed E-state index contributed by atoms with van der Waals surface area (Å²) in [6, 6.07) is 10.8. The van der Waals surface area contributed by atoms with Crippen molar-refractivity contribution in [3.63, 3.8) is 0 Å². The Hall–Kier alpha value is -2.14. The molecular weight excluding hydrogens is 270 g/mol. The van der Waals surface area contributed by atoms with Gasteiger partial charge in [0.25, 0.3) is 0 Å². The summed E-state index contributed by atoms with van der Waals surface area (Å²) >= 11 is 0. The molecule has 5 heteroatoms. The lowest BCUT2D eigenvalue weighted by molar-refractivity contribution is -0.134. The minimum atomic E-state index is -1.26. The first-order valence-corrected chi connectivity index (χ1v) is 6.97. The molecule has 5 nitrogen and oxygen atoms in total. The Morgan fingerprint density at radius 1 is 0.905 bits per heavy atom. The Morgan fingerprint density at radius 2 is 1.29 bits per heavy atom. The van der Waals surface area contributed by atoms with Gasteiger partial charge < -0.3 is 10.2 Å². The number of carboxylic acids is 2. The van der Waals surface area contributed by atoms with Gasteiger partial charge in [-0.1, -0.05) is 18.2 Å². The molecule has 0 fully saturated rings. The van der Waals surface area contributed by atoms with Gasteiger partial charge in [0.05, 0.1) is 19.6 Å². The molecule has 0 aliphatic rings. The molecule has 0 spiro atoms. The molecule has 0 aliphatic carbocycles. The molecule has 2 N–H and O–H groups in total. The Labute approximate surface area is 125 Å².